The second kappa shape index (κ2) is 8.13. The molecule has 10 heteroatoms. The van der Waals surface area contributed by atoms with Crippen LogP contribution in [0.15, 0.2) is 71.5 Å². The third-order valence-corrected chi connectivity index (χ3v) is 3.92. The number of nitrogens with one attached hydrogen (secondary N) is 1. The molecule has 0 aliphatic heterocycles. The van der Waals surface area contributed by atoms with Gasteiger partial charge >= 0.3 is 5.97 Å². The Hall–Kier alpha value is -4.34. The van der Waals surface area contributed by atoms with Crippen molar-refractivity contribution < 1.29 is 19.0 Å². The summed E-state index contributed by atoms with van der Waals surface area (Å²) in [6.45, 7) is -0.111. The van der Waals surface area contributed by atoms with Gasteiger partial charge in [-0.25, -0.2) is 9.42 Å². The van der Waals surface area contributed by atoms with Gasteiger partial charge in [0.25, 0.3) is 5.91 Å². The van der Waals surface area contributed by atoms with Gasteiger partial charge in [0.1, 0.15) is 12.3 Å². The molecule has 0 saturated heterocycles. The van der Waals surface area contributed by atoms with Gasteiger partial charge < -0.3 is 10.1 Å². The number of ether oxygens (including phenoxy) is 1. The van der Waals surface area contributed by atoms with E-state index in [0.29, 0.717) is 16.8 Å². The third-order valence-electron chi connectivity index (χ3n) is 3.92. The fraction of sp³-hybridized carbons (Fsp3) is 0.0526. The monoisotopic (exact) mass is 390 g/mol. The quantitative estimate of drug-likeness (QED) is 0.497. The van der Waals surface area contributed by atoms with Crippen molar-refractivity contribution in [3.63, 3.8) is 0 Å². The average molecular weight is 390 g/mol. The van der Waals surface area contributed by atoms with Crippen LogP contribution >= 0.6 is 0 Å². The maximum atomic E-state index is 12.4. The topological polar surface area (TPSA) is 125 Å². The first-order valence-electron chi connectivity index (χ1n) is 8.53. The second-order valence-corrected chi connectivity index (χ2v) is 5.84. The number of benzene rings is 2. The molecule has 4 rings (SSSR count). The van der Waals surface area contributed by atoms with Crippen molar-refractivity contribution in [3.05, 3.63) is 83.7 Å². The Labute approximate surface area is 164 Å². The van der Waals surface area contributed by atoms with Gasteiger partial charge in [-0.15, -0.1) is 5.10 Å². The first kappa shape index (κ1) is 18.0. The standard InChI is InChI=1S/C19H14N6O4/c26-18(13-7-3-1-4-8-13)21-16-17(23-29-22-16)25-15(11-20-24-25)12-28-19(27)14-9-5-2-6-10-14/h1-11H,12H2,(H,21,22,26). The first-order chi connectivity index (χ1) is 14.2. The number of hydrogen-bond donors (Lipinski definition) is 1. The van der Waals surface area contributed by atoms with Crippen molar-refractivity contribution in [1.82, 2.24) is 25.3 Å². The van der Waals surface area contributed by atoms with Crippen LogP contribution in [-0.2, 0) is 11.3 Å². The summed E-state index contributed by atoms with van der Waals surface area (Å²) in [6, 6.07) is 17.2. The summed E-state index contributed by atoms with van der Waals surface area (Å²) < 4.78 is 11.3. The highest BCUT2D eigenvalue weighted by Gasteiger charge is 2.20. The molecule has 0 fully saturated rings. The molecule has 4 aromatic rings. The molecule has 0 spiro atoms. The molecular weight excluding hydrogens is 376 g/mol. The van der Waals surface area contributed by atoms with E-state index in [0.717, 1.165) is 0 Å². The highest BCUT2D eigenvalue weighted by Crippen LogP contribution is 2.18. The summed E-state index contributed by atoms with van der Waals surface area (Å²) in [5, 5.41) is 17.8. The fourth-order valence-electron chi connectivity index (χ4n) is 2.50. The van der Waals surface area contributed by atoms with Gasteiger partial charge in [-0.1, -0.05) is 41.6 Å². The lowest BCUT2D eigenvalue weighted by Gasteiger charge is -2.07. The van der Waals surface area contributed by atoms with Crippen molar-refractivity contribution in [2.75, 3.05) is 5.32 Å². The predicted octanol–water partition coefficient (Wildman–Crippen LogP) is 2.26. The molecule has 10 nitrogen and oxygen atoms in total. The molecule has 144 valence electrons. The lowest BCUT2D eigenvalue weighted by atomic mass is 10.2. The van der Waals surface area contributed by atoms with Gasteiger partial charge in [-0.05, 0) is 34.6 Å². The Morgan fingerprint density at radius 1 is 0.966 bits per heavy atom. The first-order valence-corrected chi connectivity index (χ1v) is 8.53. The summed E-state index contributed by atoms with van der Waals surface area (Å²) in [4.78, 5) is 24.5. The zero-order valence-electron chi connectivity index (χ0n) is 14.9. The van der Waals surface area contributed by atoms with E-state index in [2.05, 4.69) is 25.9 Å². The smallest absolute Gasteiger partial charge is 0.338 e. The predicted molar refractivity (Wildman–Crippen MR) is 99.2 cm³/mol. The van der Waals surface area contributed by atoms with Gasteiger partial charge in [0.15, 0.2) is 0 Å². The minimum atomic E-state index is -0.491. The molecule has 1 amide bonds. The van der Waals surface area contributed by atoms with E-state index in [-0.39, 0.29) is 24.1 Å². The van der Waals surface area contributed by atoms with Crippen LogP contribution in [0.2, 0.25) is 0 Å². The van der Waals surface area contributed by atoms with E-state index in [1.807, 2.05) is 0 Å². The Kier molecular flexibility index (Phi) is 5.06. The van der Waals surface area contributed by atoms with Crippen LogP contribution in [0.3, 0.4) is 0 Å². The zero-order valence-corrected chi connectivity index (χ0v) is 14.9. The van der Waals surface area contributed by atoms with Gasteiger partial charge in [0.2, 0.25) is 11.6 Å². The molecule has 1 N–H and O–H groups in total. The molecule has 0 bridgehead atoms. The molecule has 0 aliphatic carbocycles. The molecule has 2 heterocycles. The minimum Gasteiger partial charge on any atom is -0.456 e. The number of carbonyl (C=O) groups is 2. The number of nitrogens with zero attached hydrogens (tertiary/aromatic N) is 5. The van der Waals surface area contributed by atoms with Crippen molar-refractivity contribution in [2.24, 2.45) is 0 Å². The molecule has 0 unspecified atom stereocenters. The number of amides is 1. The van der Waals surface area contributed by atoms with Gasteiger partial charge in [0.05, 0.1) is 11.8 Å². The van der Waals surface area contributed by atoms with E-state index in [4.69, 9.17) is 9.37 Å². The summed E-state index contributed by atoms with van der Waals surface area (Å²) in [6.07, 6.45) is 1.41. The maximum absolute atomic E-state index is 12.4. The van der Waals surface area contributed by atoms with E-state index >= 15 is 0 Å². The maximum Gasteiger partial charge on any atom is 0.338 e. The molecule has 2 aromatic carbocycles. The van der Waals surface area contributed by atoms with Crippen molar-refractivity contribution >= 4 is 17.7 Å². The minimum absolute atomic E-state index is 0.0555. The number of hydrogen-bond acceptors (Lipinski definition) is 8. The van der Waals surface area contributed by atoms with Crippen LogP contribution in [0.5, 0.6) is 0 Å². The Balaban J connectivity index is 1.50. The summed E-state index contributed by atoms with van der Waals surface area (Å²) >= 11 is 0. The van der Waals surface area contributed by atoms with Crippen LogP contribution in [-0.4, -0.2) is 37.2 Å². The van der Waals surface area contributed by atoms with Gasteiger partial charge in [-0.2, -0.15) is 4.68 Å². The van der Waals surface area contributed by atoms with E-state index in [9.17, 15) is 9.59 Å². The van der Waals surface area contributed by atoms with Crippen molar-refractivity contribution in [2.45, 2.75) is 6.61 Å². The Bertz CT molecular complexity index is 1120. The van der Waals surface area contributed by atoms with E-state index < -0.39 is 5.97 Å². The molecular formula is C19H14N6O4. The number of anilines is 1. The van der Waals surface area contributed by atoms with Crippen LogP contribution in [0.4, 0.5) is 5.82 Å². The molecule has 2 aromatic heterocycles. The van der Waals surface area contributed by atoms with Crippen LogP contribution in [0.25, 0.3) is 5.82 Å². The third kappa shape index (κ3) is 4.00. The van der Waals surface area contributed by atoms with Crippen LogP contribution in [0, 0.1) is 0 Å². The van der Waals surface area contributed by atoms with Crippen molar-refractivity contribution in [3.8, 4) is 5.82 Å². The largest absolute Gasteiger partial charge is 0.456 e. The molecule has 0 radical (unpaired) electrons. The van der Waals surface area contributed by atoms with E-state index in [1.54, 1.807) is 60.7 Å². The van der Waals surface area contributed by atoms with Crippen molar-refractivity contribution in [1.29, 1.82) is 0 Å². The van der Waals surface area contributed by atoms with Gasteiger partial charge in [-0.3, -0.25) is 4.79 Å². The SMILES string of the molecule is O=C(Nc1nonc1-n1nncc1COC(=O)c1ccccc1)c1ccccc1. The van der Waals surface area contributed by atoms with Crippen LogP contribution < -0.4 is 5.32 Å². The fourth-order valence-corrected chi connectivity index (χ4v) is 2.50. The normalized spacial score (nSPS) is 10.5. The molecule has 0 saturated carbocycles. The summed E-state index contributed by atoms with van der Waals surface area (Å²) in [7, 11) is 0. The number of rotatable bonds is 6. The van der Waals surface area contributed by atoms with Crippen LogP contribution in [0.1, 0.15) is 26.4 Å². The zero-order chi connectivity index (χ0) is 20.1. The second-order valence-electron chi connectivity index (χ2n) is 5.84. The number of esters is 1. The molecule has 0 atom stereocenters. The van der Waals surface area contributed by atoms with E-state index in [1.165, 1.54) is 10.9 Å². The highest BCUT2D eigenvalue weighted by molar-refractivity contribution is 6.04. The lowest BCUT2D eigenvalue weighted by Crippen LogP contribution is -2.15. The molecule has 29 heavy (non-hydrogen) atoms. The average Bonchev–Trinajstić information content (AvgIpc) is 3.42. The highest BCUT2D eigenvalue weighted by atomic mass is 16.6. The number of aromatic nitrogens is 5. The Morgan fingerprint density at radius 2 is 1.66 bits per heavy atom. The number of carbonyl (C=O) groups excluding carboxylic acids is 2. The Morgan fingerprint density at radius 3 is 2.38 bits per heavy atom. The lowest BCUT2D eigenvalue weighted by molar-refractivity contribution is 0.0464. The molecule has 0 aliphatic rings. The van der Waals surface area contributed by atoms with Gasteiger partial charge in [0, 0.05) is 5.56 Å². The summed E-state index contributed by atoms with van der Waals surface area (Å²) in [5.74, 6) is -0.716. The summed E-state index contributed by atoms with van der Waals surface area (Å²) in [5.41, 5.74) is 1.28.